The minimum absolute atomic E-state index is 0.00868. The first-order valence-electron chi connectivity index (χ1n) is 6.34. The summed E-state index contributed by atoms with van der Waals surface area (Å²) in [5, 5.41) is 9.24. The molecule has 1 aromatic carbocycles. The summed E-state index contributed by atoms with van der Waals surface area (Å²) in [5.41, 5.74) is 0.760. The number of carbonyl (C=O) groups excluding carboxylic acids is 1. The van der Waals surface area contributed by atoms with Gasteiger partial charge in [0.25, 0.3) is 0 Å². The molecule has 0 bridgehead atoms. The molecule has 2 unspecified atom stereocenters. The van der Waals surface area contributed by atoms with Gasteiger partial charge in [0.05, 0.1) is 0 Å². The largest absolute Gasteiger partial charge is 0.480 e. The smallest absolute Gasteiger partial charge is 0.326 e. The number of anilines is 1. The summed E-state index contributed by atoms with van der Waals surface area (Å²) in [7, 11) is 1.67. The average molecular weight is 262 g/mol. The van der Waals surface area contributed by atoms with E-state index in [-0.39, 0.29) is 11.9 Å². The lowest BCUT2D eigenvalue weighted by Gasteiger charge is -2.28. The van der Waals surface area contributed by atoms with Gasteiger partial charge in [0, 0.05) is 19.3 Å². The van der Waals surface area contributed by atoms with E-state index >= 15 is 0 Å². The Morgan fingerprint density at radius 3 is 2.53 bits per heavy atom. The fourth-order valence-corrected chi connectivity index (χ4v) is 2.49. The fraction of sp³-hybridized carbons (Fsp3) is 0.429. The molecule has 1 aromatic rings. The molecule has 1 N–H and O–H groups in total. The summed E-state index contributed by atoms with van der Waals surface area (Å²) in [6.45, 7) is 2.36. The number of rotatable bonds is 2. The van der Waals surface area contributed by atoms with E-state index in [1.165, 1.54) is 9.80 Å². The highest BCUT2D eigenvalue weighted by molar-refractivity contribution is 5.94. The first-order valence-corrected chi connectivity index (χ1v) is 6.34. The maximum atomic E-state index is 12.4. The van der Waals surface area contributed by atoms with Crippen LogP contribution in [0.1, 0.15) is 13.3 Å². The molecule has 0 aliphatic carbocycles. The zero-order valence-electron chi connectivity index (χ0n) is 11.1. The van der Waals surface area contributed by atoms with E-state index in [9.17, 15) is 14.7 Å². The number of hydrogen-bond acceptors (Lipinski definition) is 2. The predicted octanol–water partition coefficient (Wildman–Crippen LogP) is 2.04. The van der Waals surface area contributed by atoms with E-state index in [0.29, 0.717) is 6.54 Å². The number of carboxylic acids is 1. The highest BCUT2D eigenvalue weighted by Gasteiger charge is 2.40. The second-order valence-electron chi connectivity index (χ2n) is 4.92. The molecule has 2 atom stereocenters. The standard InChI is InChI=1S/C14H18N2O3/c1-10-8-9-16(12(10)13(17)18)14(19)15(2)11-6-4-3-5-7-11/h3-7,10,12H,8-9H2,1-2H3,(H,17,18). The van der Waals surface area contributed by atoms with Crippen molar-refractivity contribution in [2.45, 2.75) is 19.4 Å². The average Bonchev–Trinajstić information content (AvgIpc) is 2.80. The third-order valence-electron chi connectivity index (χ3n) is 3.63. The number of aliphatic carboxylic acids is 1. The molecule has 2 amide bonds. The van der Waals surface area contributed by atoms with E-state index in [1.54, 1.807) is 7.05 Å². The molecule has 5 heteroatoms. The van der Waals surface area contributed by atoms with E-state index in [0.717, 1.165) is 12.1 Å². The van der Waals surface area contributed by atoms with Crippen LogP contribution in [-0.4, -0.2) is 41.6 Å². The zero-order chi connectivity index (χ0) is 14.0. The van der Waals surface area contributed by atoms with Crippen LogP contribution in [0.3, 0.4) is 0 Å². The van der Waals surface area contributed by atoms with E-state index < -0.39 is 12.0 Å². The van der Waals surface area contributed by atoms with Crippen molar-refractivity contribution < 1.29 is 14.7 Å². The van der Waals surface area contributed by atoms with Gasteiger partial charge < -0.3 is 10.0 Å². The Kier molecular flexibility index (Phi) is 3.74. The molecule has 1 aliphatic heterocycles. The number of para-hydroxylation sites is 1. The highest BCUT2D eigenvalue weighted by atomic mass is 16.4. The van der Waals surface area contributed by atoms with Crippen LogP contribution in [0.25, 0.3) is 0 Å². The molecular formula is C14H18N2O3. The predicted molar refractivity (Wildman–Crippen MR) is 72.2 cm³/mol. The number of hydrogen-bond donors (Lipinski definition) is 1. The van der Waals surface area contributed by atoms with Crippen LogP contribution in [-0.2, 0) is 4.79 Å². The maximum absolute atomic E-state index is 12.4. The normalized spacial score (nSPS) is 22.3. The number of amides is 2. The van der Waals surface area contributed by atoms with Gasteiger partial charge >= 0.3 is 12.0 Å². The van der Waals surface area contributed by atoms with Crippen molar-refractivity contribution >= 4 is 17.7 Å². The highest BCUT2D eigenvalue weighted by Crippen LogP contribution is 2.26. The fourth-order valence-electron chi connectivity index (χ4n) is 2.49. The van der Waals surface area contributed by atoms with Gasteiger partial charge in [-0.15, -0.1) is 0 Å². The van der Waals surface area contributed by atoms with Crippen molar-refractivity contribution in [3.8, 4) is 0 Å². The third kappa shape index (κ3) is 2.54. The lowest BCUT2D eigenvalue weighted by molar-refractivity contribution is -0.142. The summed E-state index contributed by atoms with van der Waals surface area (Å²) < 4.78 is 0. The summed E-state index contributed by atoms with van der Waals surface area (Å²) in [6.07, 6.45) is 0.728. The first-order chi connectivity index (χ1) is 9.02. The van der Waals surface area contributed by atoms with Crippen molar-refractivity contribution in [1.29, 1.82) is 0 Å². The van der Waals surface area contributed by atoms with Crippen LogP contribution in [0, 0.1) is 5.92 Å². The topological polar surface area (TPSA) is 60.9 Å². The molecule has 19 heavy (non-hydrogen) atoms. The second-order valence-corrected chi connectivity index (χ2v) is 4.92. The monoisotopic (exact) mass is 262 g/mol. The molecule has 2 rings (SSSR count). The number of carboxylic acid groups (broad SMARTS) is 1. The molecule has 1 aliphatic rings. The quantitative estimate of drug-likeness (QED) is 0.887. The van der Waals surface area contributed by atoms with Gasteiger partial charge in [-0.05, 0) is 24.5 Å². The number of carbonyl (C=O) groups is 2. The van der Waals surface area contributed by atoms with Crippen LogP contribution >= 0.6 is 0 Å². The molecule has 102 valence electrons. The lowest BCUT2D eigenvalue weighted by atomic mass is 10.0. The summed E-state index contributed by atoms with van der Waals surface area (Å²) >= 11 is 0. The van der Waals surface area contributed by atoms with Crippen molar-refractivity contribution in [2.24, 2.45) is 5.92 Å². The molecule has 5 nitrogen and oxygen atoms in total. The van der Waals surface area contributed by atoms with E-state index in [4.69, 9.17) is 0 Å². The number of urea groups is 1. The molecular weight excluding hydrogens is 244 g/mol. The Labute approximate surface area is 112 Å². The van der Waals surface area contributed by atoms with Crippen LogP contribution in [0.4, 0.5) is 10.5 Å². The number of benzene rings is 1. The summed E-state index contributed by atoms with van der Waals surface area (Å²) in [6, 6.07) is 8.24. The lowest BCUT2D eigenvalue weighted by Crippen LogP contribution is -2.48. The molecule has 1 saturated heterocycles. The maximum Gasteiger partial charge on any atom is 0.326 e. The Bertz CT molecular complexity index is 475. The molecule has 0 spiro atoms. The minimum atomic E-state index is -0.931. The Morgan fingerprint density at radius 1 is 1.32 bits per heavy atom. The molecule has 0 aromatic heterocycles. The van der Waals surface area contributed by atoms with Crippen LogP contribution < -0.4 is 4.90 Å². The van der Waals surface area contributed by atoms with Gasteiger partial charge in [-0.3, -0.25) is 4.90 Å². The Morgan fingerprint density at radius 2 is 1.95 bits per heavy atom. The molecule has 0 radical (unpaired) electrons. The second kappa shape index (κ2) is 5.30. The number of nitrogens with zero attached hydrogens (tertiary/aromatic N) is 2. The SMILES string of the molecule is CC1CCN(C(=O)N(C)c2ccccc2)C1C(=O)O. The van der Waals surface area contributed by atoms with Gasteiger partial charge in [-0.2, -0.15) is 0 Å². The van der Waals surface area contributed by atoms with Gasteiger partial charge in [0.2, 0.25) is 0 Å². The molecule has 1 fully saturated rings. The van der Waals surface area contributed by atoms with Crippen LogP contribution in [0.5, 0.6) is 0 Å². The molecule has 1 heterocycles. The Hall–Kier alpha value is -2.04. The summed E-state index contributed by atoms with van der Waals surface area (Å²) in [4.78, 5) is 26.6. The summed E-state index contributed by atoms with van der Waals surface area (Å²) in [5.74, 6) is -0.939. The van der Waals surface area contributed by atoms with Crippen LogP contribution in [0.2, 0.25) is 0 Å². The van der Waals surface area contributed by atoms with E-state index in [2.05, 4.69) is 0 Å². The van der Waals surface area contributed by atoms with Gasteiger partial charge in [0.15, 0.2) is 0 Å². The minimum Gasteiger partial charge on any atom is -0.480 e. The van der Waals surface area contributed by atoms with Crippen molar-refractivity contribution in [1.82, 2.24) is 4.90 Å². The van der Waals surface area contributed by atoms with Crippen molar-refractivity contribution in [2.75, 3.05) is 18.5 Å². The van der Waals surface area contributed by atoms with E-state index in [1.807, 2.05) is 37.3 Å². The third-order valence-corrected chi connectivity index (χ3v) is 3.63. The Balaban J connectivity index is 2.18. The van der Waals surface area contributed by atoms with Crippen molar-refractivity contribution in [3.63, 3.8) is 0 Å². The van der Waals surface area contributed by atoms with Gasteiger partial charge in [-0.25, -0.2) is 9.59 Å². The zero-order valence-corrected chi connectivity index (χ0v) is 11.1. The molecule has 0 saturated carbocycles. The van der Waals surface area contributed by atoms with Crippen molar-refractivity contribution in [3.05, 3.63) is 30.3 Å². The van der Waals surface area contributed by atoms with Gasteiger partial charge in [-0.1, -0.05) is 25.1 Å². The first kappa shape index (κ1) is 13.4. The number of likely N-dealkylation sites (tertiary alicyclic amines) is 1. The van der Waals surface area contributed by atoms with Crippen LogP contribution in [0.15, 0.2) is 30.3 Å². The van der Waals surface area contributed by atoms with Gasteiger partial charge in [0.1, 0.15) is 6.04 Å².